The molecule has 2 fully saturated rings. The molecule has 31 heavy (non-hydrogen) atoms. The van der Waals surface area contributed by atoms with Crippen molar-refractivity contribution in [2.75, 3.05) is 0 Å². The molecule has 2 saturated carbocycles. The minimum absolute atomic E-state index is 0.670. The molecular weight excluding hydrogens is 451 g/mol. The van der Waals surface area contributed by atoms with Crippen molar-refractivity contribution in [3.05, 3.63) is 19.1 Å². The molecule has 0 saturated heterocycles. The van der Waals surface area contributed by atoms with E-state index in [9.17, 15) is 0 Å². The van der Waals surface area contributed by atoms with Crippen molar-refractivity contribution in [1.82, 2.24) is 9.80 Å². The average Bonchev–Trinajstić information content (AvgIpc) is 3.23. The first kappa shape index (κ1) is 27.4. The quantitative estimate of drug-likeness (QED) is 0.269. The molecule has 0 radical (unpaired) electrons. The van der Waals surface area contributed by atoms with Crippen molar-refractivity contribution < 1.29 is 15.1 Å². The molecule has 3 aliphatic rings. The minimum atomic E-state index is 0.670. The van der Waals surface area contributed by atoms with Gasteiger partial charge in [-0.05, 0) is 85.4 Å². The molecule has 0 aromatic rings. The predicted octanol–water partition coefficient (Wildman–Crippen LogP) is 8.08. The van der Waals surface area contributed by atoms with Crippen LogP contribution in [0.25, 0.3) is 0 Å². The Balaban J connectivity index is 0.00000166. The van der Waals surface area contributed by atoms with Crippen LogP contribution in [0.2, 0.25) is 0 Å². The van der Waals surface area contributed by atoms with Crippen LogP contribution in [0.1, 0.15) is 93.9 Å². The van der Waals surface area contributed by atoms with E-state index in [1.807, 2.05) is 0 Å². The molecule has 4 unspecified atom stereocenters. The zero-order valence-electron chi connectivity index (χ0n) is 21.3. The molecule has 2 nitrogen and oxygen atoms in total. The fourth-order valence-corrected chi connectivity index (χ4v) is 7.03. The van der Waals surface area contributed by atoms with Gasteiger partial charge in [0.25, 0.3) is 0 Å². The third-order valence-electron chi connectivity index (χ3n) is 8.70. The van der Waals surface area contributed by atoms with Crippen LogP contribution < -0.4 is 0 Å². The molecule has 185 valence electrons. The molecule has 0 spiro atoms. The predicted molar refractivity (Wildman–Crippen MR) is 132 cm³/mol. The molecule has 4 heteroatoms. The van der Waals surface area contributed by atoms with Gasteiger partial charge in [-0.2, -0.15) is 6.67 Å². The summed E-state index contributed by atoms with van der Waals surface area (Å²) in [5, 5.41) is 0. The SMILES string of the molecule is CC(C)C1CCC[C@H](C(C)C)C1N1C=CN(C2C(C(C)C)CCC[C@H]2C(C)C)[CH-]1.[Cl][Cu+]. The zero-order valence-corrected chi connectivity index (χ0v) is 23.0. The van der Waals surface area contributed by atoms with Gasteiger partial charge in [-0.15, -0.1) is 0 Å². The Kier molecular flexibility index (Phi) is 11.1. The van der Waals surface area contributed by atoms with Crippen molar-refractivity contribution in [1.29, 1.82) is 0 Å². The monoisotopic (exact) mass is 499 g/mol. The number of rotatable bonds is 6. The van der Waals surface area contributed by atoms with Gasteiger partial charge in [0.15, 0.2) is 0 Å². The number of halogens is 1. The normalized spacial score (nSPS) is 34.2. The van der Waals surface area contributed by atoms with E-state index >= 15 is 0 Å². The Morgan fingerprint density at radius 3 is 1.10 bits per heavy atom. The average molecular weight is 501 g/mol. The van der Waals surface area contributed by atoms with Crippen LogP contribution in [-0.2, 0) is 15.1 Å². The van der Waals surface area contributed by atoms with Crippen LogP contribution in [-0.4, -0.2) is 21.9 Å². The number of hydrogen-bond acceptors (Lipinski definition) is 2. The summed E-state index contributed by atoms with van der Waals surface area (Å²) in [7, 11) is 4.20. The van der Waals surface area contributed by atoms with E-state index in [-0.39, 0.29) is 0 Å². The van der Waals surface area contributed by atoms with Gasteiger partial charge in [-0.25, -0.2) is 0 Å². The molecule has 6 atom stereocenters. The summed E-state index contributed by atoms with van der Waals surface area (Å²) in [5.74, 6) is 6.29. The Morgan fingerprint density at radius 2 is 0.871 bits per heavy atom. The van der Waals surface area contributed by atoms with Gasteiger partial charge < -0.3 is 9.80 Å². The van der Waals surface area contributed by atoms with Crippen LogP contribution >= 0.6 is 10.1 Å². The summed E-state index contributed by atoms with van der Waals surface area (Å²) in [6, 6.07) is 1.34. The van der Waals surface area contributed by atoms with Crippen LogP contribution in [0.5, 0.6) is 0 Å². The molecule has 2 aliphatic carbocycles. The number of nitrogens with zero attached hydrogens (tertiary/aromatic N) is 2. The summed E-state index contributed by atoms with van der Waals surface area (Å²) in [6.07, 6.45) is 13.3. The fraction of sp³-hybridized carbons (Fsp3) is 0.889. The van der Waals surface area contributed by atoms with Gasteiger partial charge in [0.2, 0.25) is 0 Å². The first-order chi connectivity index (χ1) is 14.7. The maximum absolute atomic E-state index is 4.20. The molecule has 0 N–H and O–H groups in total. The van der Waals surface area contributed by atoms with Crippen molar-refractivity contribution >= 4 is 10.1 Å². The van der Waals surface area contributed by atoms with Gasteiger partial charge in [-0.1, -0.05) is 68.2 Å². The molecule has 0 bridgehead atoms. The van der Waals surface area contributed by atoms with E-state index in [1.165, 1.54) is 38.5 Å². The van der Waals surface area contributed by atoms with E-state index < -0.39 is 0 Å². The Hall–Kier alpha value is 0.149. The molecule has 0 aromatic carbocycles. The summed E-state index contributed by atoms with van der Waals surface area (Å²) >= 11 is 3.66. The van der Waals surface area contributed by atoms with E-state index in [1.54, 1.807) is 0 Å². The van der Waals surface area contributed by atoms with Crippen molar-refractivity contribution in [3.63, 3.8) is 0 Å². The zero-order chi connectivity index (χ0) is 23.3. The van der Waals surface area contributed by atoms with Gasteiger partial charge in [0, 0.05) is 12.1 Å². The van der Waals surface area contributed by atoms with E-state index in [0.29, 0.717) is 12.1 Å². The Morgan fingerprint density at radius 1 is 0.613 bits per heavy atom. The van der Waals surface area contributed by atoms with E-state index in [4.69, 9.17) is 0 Å². The fourth-order valence-electron chi connectivity index (χ4n) is 7.03. The van der Waals surface area contributed by atoms with Crippen molar-refractivity contribution in [2.45, 2.75) is 106 Å². The van der Waals surface area contributed by atoms with Crippen molar-refractivity contribution in [2.24, 2.45) is 47.3 Å². The Labute approximate surface area is 207 Å². The maximum atomic E-state index is 4.20. The van der Waals surface area contributed by atoms with Crippen molar-refractivity contribution in [3.8, 4) is 0 Å². The first-order valence-corrected chi connectivity index (χ1v) is 14.2. The Bertz CT molecular complexity index is 469. The topological polar surface area (TPSA) is 6.48 Å². The summed E-state index contributed by atoms with van der Waals surface area (Å²) in [6.45, 7) is 22.1. The van der Waals surface area contributed by atoms with Gasteiger partial charge in [0.1, 0.15) is 0 Å². The molecule has 0 amide bonds. The van der Waals surface area contributed by atoms with Gasteiger partial charge in [-0.3, -0.25) is 0 Å². The molecule has 0 aromatic heterocycles. The summed E-state index contributed by atoms with van der Waals surface area (Å²) in [5.41, 5.74) is 0. The second-order valence-electron chi connectivity index (χ2n) is 11.8. The van der Waals surface area contributed by atoms with Crippen LogP contribution in [0.3, 0.4) is 0 Å². The molecule has 3 rings (SSSR count). The van der Waals surface area contributed by atoms with E-state index in [2.05, 4.69) is 109 Å². The third kappa shape index (κ3) is 6.39. The van der Waals surface area contributed by atoms with E-state index in [0.717, 1.165) is 47.3 Å². The molecule has 1 heterocycles. The van der Waals surface area contributed by atoms with Crippen LogP contribution in [0.4, 0.5) is 0 Å². The van der Waals surface area contributed by atoms with Crippen LogP contribution in [0, 0.1) is 54.0 Å². The second kappa shape index (κ2) is 12.6. The molecule has 1 aliphatic heterocycles. The molecular formula is C27H49ClCuN2. The van der Waals surface area contributed by atoms with Crippen LogP contribution in [0.15, 0.2) is 12.4 Å². The summed E-state index contributed by atoms with van der Waals surface area (Å²) in [4.78, 5) is 5.30. The third-order valence-corrected chi connectivity index (χ3v) is 8.70. The standard InChI is InChI=1S/C27H49N2.ClH.Cu/c1-18(2)22-11-9-12-23(19(3)4)26(22)28-15-16-29(17-28)27-24(20(5)6)13-10-14-25(27)21(7)8;;/h15-27H,9-14H2,1-8H3;1H;/q-1;;+2/p-1/t22-,23?,24+,25?,26?,27?;;. The van der Waals surface area contributed by atoms with Gasteiger partial charge >= 0.3 is 25.2 Å². The van der Waals surface area contributed by atoms with Gasteiger partial charge in [0.05, 0.1) is 0 Å². The summed E-state index contributed by atoms with van der Waals surface area (Å²) < 4.78 is 0. The first-order valence-electron chi connectivity index (χ1n) is 12.9. The number of hydrogen-bond donors (Lipinski definition) is 0. The second-order valence-corrected chi connectivity index (χ2v) is 11.8.